The Morgan fingerprint density at radius 2 is 0.757 bits per heavy atom. The highest BCUT2D eigenvalue weighted by Crippen LogP contribution is 2.67. The highest BCUT2D eigenvalue weighted by Gasteiger charge is 2.62. The Morgan fingerprint density at radius 1 is 0.427 bits per heavy atom. The van der Waals surface area contributed by atoms with Crippen LogP contribution >= 0.6 is 0 Å². The maximum absolute atomic E-state index is 13.4. The Kier molecular flexibility index (Phi) is 19.7. The second kappa shape index (κ2) is 28.2. The molecule has 19 nitrogen and oxygen atoms in total. The van der Waals surface area contributed by atoms with E-state index in [1.165, 1.54) is 134 Å². The fraction of sp³-hybridized carbons (Fsp3) is 0.676. The number of nitrogens with zero attached hydrogens (tertiary/aromatic N) is 15. The summed E-state index contributed by atoms with van der Waals surface area (Å²) in [6.07, 6.45) is 5.44. The van der Waals surface area contributed by atoms with Crippen molar-refractivity contribution in [2.24, 2.45) is 35.5 Å². The minimum Gasteiger partial charge on any atom is -0.431 e. The van der Waals surface area contributed by atoms with Gasteiger partial charge in [0.25, 0.3) is 6.43 Å². The molecular formula is C74H98F10N18O. The molecule has 6 aromatic rings. The van der Waals surface area contributed by atoms with E-state index in [9.17, 15) is 43.9 Å². The van der Waals surface area contributed by atoms with Crippen molar-refractivity contribution < 1.29 is 48.6 Å². The summed E-state index contributed by atoms with van der Waals surface area (Å²) < 4.78 is 141. The second-order valence-corrected chi connectivity index (χ2v) is 32.1. The van der Waals surface area contributed by atoms with Crippen LogP contribution in [0.4, 0.5) is 61.4 Å². The van der Waals surface area contributed by atoms with Gasteiger partial charge in [-0.1, -0.05) is 0 Å². The van der Waals surface area contributed by atoms with Crippen molar-refractivity contribution in [1.29, 1.82) is 0 Å². The van der Waals surface area contributed by atoms with Gasteiger partial charge in [-0.15, -0.1) is 0 Å². The maximum Gasteiger partial charge on any atom is 0.419 e. The zero-order valence-corrected chi connectivity index (χ0v) is 59.6. The lowest BCUT2D eigenvalue weighted by Crippen LogP contribution is -2.53. The first-order valence-electron chi connectivity index (χ1n) is 37.5. The molecule has 11 heterocycles. The summed E-state index contributed by atoms with van der Waals surface area (Å²) in [5, 5.41) is 14.2. The van der Waals surface area contributed by atoms with Crippen LogP contribution < -0.4 is 21.9 Å². The van der Waals surface area contributed by atoms with E-state index in [1.54, 1.807) is 0 Å². The van der Waals surface area contributed by atoms with Gasteiger partial charge in [0.2, 0.25) is 0 Å². The molecule has 11 aliphatic rings. The quantitative estimate of drug-likeness (QED) is 0.0773. The fourth-order valence-electron chi connectivity index (χ4n) is 20.0. The number of piperazine rings is 3. The molecular weight excluding hydrogens is 1350 g/mol. The third-order valence-electron chi connectivity index (χ3n) is 25.1. The predicted octanol–water partition coefficient (Wildman–Crippen LogP) is 12.9. The standard InChI is InChI=1S/2C25H33F3N6.C24H32F4N6O/c2*1-14(2)34-22(11-21(31-34)15-8-20(25(26,27)28)24(29)30-12-15)23-18-9-17(10-19(18)23)33-7-6-32-5-3-4-16(32)13-33;1-13(2)34-19(10-18(31-34)14-7-20(35-24(27)28)23(29)30-11-14)22-16-8-15(9-17(16)22)33-5-3-32(4-6-33)12-21(25)26/h2*8,11-12,14,16-19,23H,3-7,9-10,13H2,1-2H3,(H2,29,30);7,10-11,13,15-17,21-22,24H,3-6,8-9,12H2,1-2H3,(H2,29,30)/t2*16?,17?,18-,19+,23?;15?,16-,17+,22?. The van der Waals surface area contributed by atoms with Crippen molar-refractivity contribution in [2.45, 2.75) is 197 Å². The monoisotopic (exact) mass is 1440 g/mol. The molecule has 6 aromatic heterocycles. The van der Waals surface area contributed by atoms with E-state index >= 15 is 0 Å². The Bertz CT molecular complexity index is 3790. The maximum atomic E-state index is 13.4. The number of rotatable bonds is 16. The Hall–Kier alpha value is -6.66. The summed E-state index contributed by atoms with van der Waals surface area (Å²) in [6, 6.07) is 13.4. The molecule has 5 saturated heterocycles. The summed E-state index contributed by atoms with van der Waals surface area (Å²) in [5.41, 5.74) is 21.4. The Labute approximate surface area is 595 Å². The molecule has 0 radical (unpaired) electrons. The molecule has 17 rings (SSSR count). The second-order valence-electron chi connectivity index (χ2n) is 32.1. The molecule has 5 aliphatic heterocycles. The molecule has 11 fully saturated rings. The number of nitrogens with two attached hydrogens (primary N) is 3. The van der Waals surface area contributed by atoms with Gasteiger partial charge in [0.05, 0.1) is 34.8 Å². The van der Waals surface area contributed by atoms with Gasteiger partial charge in [0.1, 0.15) is 11.6 Å². The summed E-state index contributed by atoms with van der Waals surface area (Å²) in [4.78, 5) is 26.7. The minimum absolute atomic E-state index is 0.0876. The van der Waals surface area contributed by atoms with E-state index in [4.69, 9.17) is 32.5 Å². The van der Waals surface area contributed by atoms with Crippen LogP contribution in [0.1, 0.15) is 170 Å². The van der Waals surface area contributed by atoms with E-state index in [0.29, 0.717) is 118 Å². The largest absolute Gasteiger partial charge is 0.431 e. The number of alkyl halides is 10. The van der Waals surface area contributed by atoms with Crippen LogP contribution in [-0.4, -0.2) is 202 Å². The van der Waals surface area contributed by atoms with Crippen molar-refractivity contribution in [3.63, 3.8) is 0 Å². The third kappa shape index (κ3) is 14.6. The minimum atomic E-state index is -4.54. The number of aromatic nitrogens is 9. The van der Waals surface area contributed by atoms with Gasteiger partial charge in [-0.25, -0.2) is 23.7 Å². The van der Waals surface area contributed by atoms with Gasteiger partial charge < -0.3 is 21.9 Å². The van der Waals surface area contributed by atoms with Crippen LogP contribution in [0.15, 0.2) is 55.0 Å². The first-order chi connectivity index (χ1) is 49.1. The van der Waals surface area contributed by atoms with Crippen LogP contribution in [0.5, 0.6) is 5.75 Å². The van der Waals surface area contributed by atoms with E-state index in [2.05, 4.69) is 85.7 Å². The summed E-state index contributed by atoms with van der Waals surface area (Å²) in [7, 11) is 0. The Balaban J connectivity index is 0.000000125. The molecule has 8 unspecified atom stereocenters. The number of pyridine rings is 3. The van der Waals surface area contributed by atoms with Gasteiger partial charge in [-0.05, 0) is 191 Å². The number of anilines is 3. The zero-order valence-electron chi connectivity index (χ0n) is 59.6. The van der Waals surface area contributed by atoms with E-state index in [1.807, 2.05) is 37.1 Å². The average molecular weight is 1450 g/mol. The van der Waals surface area contributed by atoms with Gasteiger partial charge in [-0.3, -0.25) is 43.4 Å². The van der Waals surface area contributed by atoms with Crippen LogP contribution in [0.25, 0.3) is 33.8 Å². The fourth-order valence-corrected chi connectivity index (χ4v) is 20.0. The average Bonchev–Trinajstić information content (AvgIpc) is 1.57. The van der Waals surface area contributed by atoms with E-state index in [-0.39, 0.29) is 36.2 Å². The normalized spacial score (nSPS) is 30.2. The molecule has 6 saturated carbocycles. The number of hydrogen-bond donors (Lipinski definition) is 3. The molecule has 6 aliphatic carbocycles. The number of ether oxygens (including phenoxy) is 1. The van der Waals surface area contributed by atoms with Gasteiger partial charge in [0, 0.05) is 184 Å². The van der Waals surface area contributed by atoms with Crippen LogP contribution in [0, 0.1) is 35.5 Å². The first-order valence-corrected chi connectivity index (χ1v) is 37.5. The van der Waals surface area contributed by atoms with Crippen LogP contribution in [0.3, 0.4) is 0 Å². The number of hydrogen-bond acceptors (Lipinski definition) is 16. The predicted molar refractivity (Wildman–Crippen MR) is 372 cm³/mol. The highest BCUT2D eigenvalue weighted by atomic mass is 19.4. The molecule has 0 aromatic carbocycles. The molecule has 0 spiro atoms. The molecule has 14 atom stereocenters. The summed E-state index contributed by atoms with van der Waals surface area (Å²) >= 11 is 0. The SMILES string of the molecule is CC(C)n1nc(-c2cnc(N)c(C(F)(F)F)c2)cc1C1[C@H]2CC(N3CCN4CCCC4C3)C[C@@H]12.CC(C)n1nc(-c2cnc(N)c(C(F)(F)F)c2)cc1C1[C@H]2CC(N3CCN4CCCC4C3)C[C@@H]12.CC(C)n1nc(-c2cnc(N)c(OC(F)F)c2)cc1C1[C@H]2CC(N3CCN(CC(F)F)CC3)C[C@@H]12. The van der Waals surface area contributed by atoms with Crippen molar-refractivity contribution >= 4 is 17.5 Å². The topological polar surface area (TPSA) is 199 Å². The molecule has 103 heavy (non-hydrogen) atoms. The van der Waals surface area contributed by atoms with Crippen molar-refractivity contribution in [2.75, 3.05) is 102 Å². The molecule has 0 bridgehead atoms. The van der Waals surface area contributed by atoms with Crippen molar-refractivity contribution in [3.05, 3.63) is 83.2 Å². The lowest BCUT2D eigenvalue weighted by atomic mass is 10.0. The molecule has 29 heteroatoms. The molecule has 6 N–H and O–H groups in total. The zero-order chi connectivity index (χ0) is 72.4. The Morgan fingerprint density at radius 3 is 1.11 bits per heavy atom. The van der Waals surface area contributed by atoms with E-state index in [0.717, 1.165) is 61.5 Å². The number of fused-ring (bicyclic) bond motifs is 5. The first kappa shape index (κ1) is 71.9. The van der Waals surface area contributed by atoms with Crippen molar-refractivity contribution in [3.8, 4) is 39.5 Å². The highest BCUT2D eigenvalue weighted by molar-refractivity contribution is 5.66. The smallest absolute Gasteiger partial charge is 0.419 e. The number of nitrogen functional groups attached to an aromatic ring is 3. The third-order valence-corrected chi connectivity index (χ3v) is 25.1. The van der Waals surface area contributed by atoms with Crippen molar-refractivity contribution in [1.82, 2.24) is 73.7 Å². The van der Waals surface area contributed by atoms with Gasteiger partial charge in [0.15, 0.2) is 11.6 Å². The van der Waals surface area contributed by atoms with Gasteiger partial charge in [-0.2, -0.15) is 50.4 Å². The van der Waals surface area contributed by atoms with Gasteiger partial charge >= 0.3 is 19.0 Å². The molecule has 0 amide bonds. The number of halogens is 10. The summed E-state index contributed by atoms with van der Waals surface area (Å²) in [5.74, 6) is 3.89. The van der Waals surface area contributed by atoms with E-state index < -0.39 is 48.2 Å². The lowest BCUT2D eigenvalue weighted by Gasteiger charge is -2.41. The van der Waals surface area contributed by atoms with Crippen LogP contribution in [-0.2, 0) is 12.4 Å². The lowest BCUT2D eigenvalue weighted by molar-refractivity contribution is -0.137. The molecule has 560 valence electrons. The summed E-state index contributed by atoms with van der Waals surface area (Å²) in [6.45, 7) is 22.2. The van der Waals surface area contributed by atoms with Crippen LogP contribution in [0.2, 0.25) is 0 Å².